The summed E-state index contributed by atoms with van der Waals surface area (Å²) in [7, 11) is 0. The molecule has 2 N–H and O–H groups in total. The van der Waals surface area contributed by atoms with Crippen molar-refractivity contribution in [3.63, 3.8) is 0 Å². The van der Waals surface area contributed by atoms with Crippen molar-refractivity contribution in [2.45, 2.75) is 32.7 Å². The third-order valence-corrected chi connectivity index (χ3v) is 4.57. The maximum atomic E-state index is 11.6. The van der Waals surface area contributed by atoms with Gasteiger partial charge in [-0.25, -0.2) is 4.79 Å². The van der Waals surface area contributed by atoms with E-state index in [-0.39, 0.29) is 17.0 Å². The van der Waals surface area contributed by atoms with E-state index in [1.807, 2.05) is 0 Å². The van der Waals surface area contributed by atoms with Crippen LogP contribution in [0, 0.1) is 4.64 Å². The van der Waals surface area contributed by atoms with Gasteiger partial charge in [0.05, 0.1) is 5.69 Å². The molecular weight excluding hydrogens is 352 g/mol. The lowest BCUT2D eigenvalue weighted by Gasteiger charge is -2.11. The lowest BCUT2D eigenvalue weighted by atomic mass is 10.1. The molecule has 1 aliphatic heterocycles. The highest BCUT2D eigenvalue weighted by Crippen LogP contribution is 2.37. The SMILES string of the molecule is CCCCn1[nH]c(=S)c(C(=O)O)c1Cc1cc2c(cc1Cl)OCO2. The van der Waals surface area contributed by atoms with Gasteiger partial charge in [0.15, 0.2) is 11.5 Å². The number of ether oxygens (including phenoxy) is 2. The summed E-state index contributed by atoms with van der Waals surface area (Å²) < 4.78 is 12.7. The lowest BCUT2D eigenvalue weighted by Crippen LogP contribution is -2.09. The molecule has 8 heteroatoms. The zero-order valence-electron chi connectivity index (χ0n) is 13.1. The second-order valence-corrected chi connectivity index (χ2v) is 6.36. The molecule has 0 unspecified atom stereocenters. The van der Waals surface area contributed by atoms with Crippen LogP contribution in [0.25, 0.3) is 0 Å². The van der Waals surface area contributed by atoms with E-state index in [4.69, 9.17) is 33.3 Å². The minimum atomic E-state index is -1.04. The molecule has 2 heterocycles. The van der Waals surface area contributed by atoms with Crippen molar-refractivity contribution >= 4 is 29.8 Å². The van der Waals surface area contributed by atoms with Gasteiger partial charge in [-0.05, 0) is 18.1 Å². The second-order valence-electron chi connectivity index (χ2n) is 5.55. The zero-order chi connectivity index (χ0) is 17.3. The molecule has 0 amide bonds. The lowest BCUT2D eigenvalue weighted by molar-refractivity contribution is 0.0695. The van der Waals surface area contributed by atoms with Gasteiger partial charge in [0, 0.05) is 24.1 Å². The molecule has 2 aromatic rings. The second kappa shape index (κ2) is 6.86. The fourth-order valence-corrected chi connectivity index (χ4v) is 3.23. The van der Waals surface area contributed by atoms with Crippen LogP contribution in [-0.2, 0) is 13.0 Å². The number of aromatic amines is 1. The molecule has 0 fully saturated rings. The summed E-state index contributed by atoms with van der Waals surface area (Å²) in [6.45, 7) is 2.90. The van der Waals surface area contributed by atoms with Crippen molar-refractivity contribution in [1.82, 2.24) is 9.78 Å². The van der Waals surface area contributed by atoms with E-state index >= 15 is 0 Å². The Morgan fingerprint density at radius 3 is 2.79 bits per heavy atom. The summed E-state index contributed by atoms with van der Waals surface area (Å²) in [5.74, 6) is 0.165. The number of halogens is 1. The molecule has 6 nitrogen and oxygen atoms in total. The van der Waals surface area contributed by atoms with Crippen LogP contribution >= 0.6 is 23.8 Å². The smallest absolute Gasteiger partial charge is 0.340 e. The Hall–Kier alpha value is -1.99. The fourth-order valence-electron chi connectivity index (χ4n) is 2.70. The number of hydrogen-bond acceptors (Lipinski definition) is 4. The highest BCUT2D eigenvalue weighted by Gasteiger charge is 2.22. The third kappa shape index (κ3) is 3.14. The molecular formula is C16H17ClN2O4S. The van der Waals surface area contributed by atoms with E-state index in [1.165, 1.54) is 0 Å². The number of aromatic nitrogens is 2. The average molecular weight is 369 g/mol. The number of fused-ring (bicyclic) bond motifs is 1. The molecule has 1 aromatic carbocycles. The molecule has 0 saturated carbocycles. The Bertz CT molecular complexity index is 843. The van der Waals surface area contributed by atoms with Crippen molar-refractivity contribution < 1.29 is 19.4 Å². The Kier molecular flexibility index (Phi) is 4.82. The van der Waals surface area contributed by atoms with Crippen LogP contribution in [0.1, 0.15) is 41.4 Å². The predicted octanol–water partition coefficient (Wildman–Crippen LogP) is 4.02. The first-order valence-electron chi connectivity index (χ1n) is 7.64. The minimum absolute atomic E-state index is 0.120. The molecule has 1 aromatic heterocycles. The first-order chi connectivity index (χ1) is 11.5. The van der Waals surface area contributed by atoms with Gasteiger partial charge in [-0.1, -0.05) is 37.2 Å². The Morgan fingerprint density at radius 2 is 2.12 bits per heavy atom. The van der Waals surface area contributed by atoms with Gasteiger partial charge in [0.1, 0.15) is 10.2 Å². The van der Waals surface area contributed by atoms with Crippen LogP contribution in [-0.4, -0.2) is 27.6 Å². The van der Waals surface area contributed by atoms with E-state index in [2.05, 4.69) is 12.0 Å². The van der Waals surface area contributed by atoms with Crippen LogP contribution in [0.5, 0.6) is 11.5 Å². The fraction of sp³-hybridized carbons (Fsp3) is 0.375. The monoisotopic (exact) mass is 368 g/mol. The Balaban J connectivity index is 2.02. The van der Waals surface area contributed by atoms with Crippen molar-refractivity contribution in [3.05, 3.63) is 38.6 Å². The van der Waals surface area contributed by atoms with Gasteiger partial charge in [0.2, 0.25) is 6.79 Å². The van der Waals surface area contributed by atoms with Crippen molar-refractivity contribution in [2.75, 3.05) is 6.79 Å². The van der Waals surface area contributed by atoms with E-state index in [9.17, 15) is 9.90 Å². The molecule has 0 aliphatic carbocycles. The molecule has 24 heavy (non-hydrogen) atoms. The summed E-state index contributed by atoms with van der Waals surface area (Å²) in [6.07, 6.45) is 2.25. The largest absolute Gasteiger partial charge is 0.478 e. The number of hydrogen-bond donors (Lipinski definition) is 2. The number of carbonyl (C=O) groups is 1. The van der Waals surface area contributed by atoms with Crippen molar-refractivity contribution in [3.8, 4) is 11.5 Å². The average Bonchev–Trinajstić information content (AvgIpc) is 3.09. The van der Waals surface area contributed by atoms with Crippen molar-refractivity contribution in [2.24, 2.45) is 0 Å². The van der Waals surface area contributed by atoms with Gasteiger partial charge < -0.3 is 14.6 Å². The van der Waals surface area contributed by atoms with Crippen molar-refractivity contribution in [1.29, 1.82) is 0 Å². The first-order valence-corrected chi connectivity index (χ1v) is 8.43. The molecule has 3 rings (SSSR count). The van der Waals surface area contributed by atoms with Gasteiger partial charge >= 0.3 is 5.97 Å². The number of benzene rings is 1. The molecule has 0 bridgehead atoms. The number of nitrogens with one attached hydrogen (secondary N) is 1. The van der Waals surface area contributed by atoms with Crippen LogP contribution < -0.4 is 9.47 Å². The maximum absolute atomic E-state index is 11.6. The quantitative estimate of drug-likeness (QED) is 0.753. The third-order valence-electron chi connectivity index (χ3n) is 3.93. The molecule has 0 atom stereocenters. The molecule has 128 valence electrons. The normalized spacial score (nSPS) is 12.6. The number of H-pyrrole nitrogens is 1. The number of unbranched alkanes of at least 4 members (excludes halogenated alkanes) is 1. The van der Waals surface area contributed by atoms with E-state index in [0.29, 0.717) is 35.2 Å². The van der Waals surface area contributed by atoms with Crippen LogP contribution in [0.4, 0.5) is 0 Å². The van der Waals surface area contributed by atoms with Gasteiger partial charge in [0.25, 0.3) is 0 Å². The molecule has 1 aliphatic rings. The number of aryl methyl sites for hydroxylation is 1. The molecule has 0 spiro atoms. The summed E-state index contributed by atoms with van der Waals surface area (Å²) in [4.78, 5) is 11.6. The van der Waals surface area contributed by atoms with E-state index in [1.54, 1.807) is 16.8 Å². The van der Waals surface area contributed by atoms with E-state index < -0.39 is 5.97 Å². The zero-order valence-corrected chi connectivity index (χ0v) is 14.7. The van der Waals surface area contributed by atoms with Crippen LogP contribution in [0.3, 0.4) is 0 Å². The van der Waals surface area contributed by atoms with E-state index in [0.717, 1.165) is 18.4 Å². The number of aromatic carboxylic acids is 1. The number of carboxylic acids is 1. The topological polar surface area (TPSA) is 76.5 Å². The number of nitrogens with zero attached hydrogens (tertiary/aromatic N) is 1. The molecule has 0 saturated heterocycles. The Labute approximate surface area is 148 Å². The Morgan fingerprint density at radius 1 is 1.42 bits per heavy atom. The number of carboxylic acid groups (broad SMARTS) is 1. The van der Waals surface area contributed by atoms with Gasteiger partial charge in [-0.3, -0.25) is 9.78 Å². The molecule has 0 radical (unpaired) electrons. The first kappa shape index (κ1) is 16.9. The standard InChI is InChI=1S/C16H17ClN2O4S/c1-2-3-4-19-11(14(16(20)21)15(24)18-19)5-9-6-12-13(7-10(9)17)23-8-22-12/h6-7H,2-5,8H2,1H3,(H,18,24)(H,20,21). The highest BCUT2D eigenvalue weighted by atomic mass is 35.5. The summed E-state index contributed by atoms with van der Waals surface area (Å²) in [5, 5.41) is 13.0. The van der Waals surface area contributed by atoms with Crippen LogP contribution in [0.2, 0.25) is 5.02 Å². The summed E-state index contributed by atoms with van der Waals surface area (Å²) in [6, 6.07) is 3.48. The minimum Gasteiger partial charge on any atom is -0.478 e. The highest BCUT2D eigenvalue weighted by molar-refractivity contribution is 7.71. The summed E-state index contributed by atoms with van der Waals surface area (Å²) >= 11 is 11.5. The van der Waals surface area contributed by atoms with Gasteiger partial charge in [-0.2, -0.15) is 0 Å². The van der Waals surface area contributed by atoms with Gasteiger partial charge in [-0.15, -0.1) is 0 Å². The van der Waals surface area contributed by atoms with Crippen LogP contribution in [0.15, 0.2) is 12.1 Å². The maximum Gasteiger partial charge on any atom is 0.340 e. The number of rotatable bonds is 6. The summed E-state index contributed by atoms with van der Waals surface area (Å²) in [5.41, 5.74) is 1.50. The predicted molar refractivity (Wildman–Crippen MR) is 91.9 cm³/mol.